The molecule has 1 aromatic rings. The maximum atomic E-state index is 14.1. The number of halogens is 1. The Kier molecular flexibility index (Phi) is 7.22. The average Bonchev–Trinajstić information content (AvgIpc) is 2.93. The highest BCUT2D eigenvalue weighted by atomic mass is 19.1. The van der Waals surface area contributed by atoms with Crippen molar-refractivity contribution in [2.75, 3.05) is 31.1 Å². The Balaban J connectivity index is 2.69. The van der Waals surface area contributed by atoms with Crippen molar-refractivity contribution in [3.05, 3.63) is 59.7 Å². The van der Waals surface area contributed by atoms with Gasteiger partial charge in [0.15, 0.2) is 0 Å². The number of rotatable bonds is 4. The van der Waals surface area contributed by atoms with Crippen LogP contribution >= 0.6 is 0 Å². The second kappa shape index (κ2) is 9.46. The Bertz CT molecular complexity index is 975. The van der Waals surface area contributed by atoms with Crippen molar-refractivity contribution in [2.45, 2.75) is 26.4 Å². The van der Waals surface area contributed by atoms with Gasteiger partial charge in [0.1, 0.15) is 17.1 Å². The summed E-state index contributed by atoms with van der Waals surface area (Å²) in [6.45, 7) is 5.11. The third-order valence-electron chi connectivity index (χ3n) is 4.11. The highest BCUT2D eigenvalue weighted by Gasteiger charge is 2.31. The molecule has 0 aromatic heterocycles. The van der Waals surface area contributed by atoms with Crippen molar-refractivity contribution >= 4 is 29.4 Å². The van der Waals surface area contributed by atoms with Gasteiger partial charge in [-0.05, 0) is 51.1 Å². The number of amides is 1. The highest BCUT2D eigenvalue weighted by Crippen LogP contribution is 2.35. The van der Waals surface area contributed by atoms with E-state index >= 15 is 0 Å². The lowest BCUT2D eigenvalue weighted by atomic mass is 10.1. The summed E-state index contributed by atoms with van der Waals surface area (Å²) >= 11 is 0. The fourth-order valence-corrected chi connectivity index (χ4v) is 2.75. The van der Waals surface area contributed by atoms with Crippen LogP contribution in [-0.2, 0) is 23.8 Å². The maximum Gasteiger partial charge on any atom is 0.414 e. The molecular weight excluding hydrogens is 407 g/mol. The topological polar surface area (TPSA) is 85.4 Å². The molecule has 1 aromatic carbocycles. The van der Waals surface area contributed by atoms with Crippen LogP contribution in [0.4, 0.5) is 20.6 Å². The monoisotopic (exact) mass is 432 g/mol. The average molecular weight is 432 g/mol. The Morgan fingerprint density at radius 2 is 1.68 bits per heavy atom. The number of carbonyl (C=O) groups excluding carboxylic acids is 3. The smallest absolute Gasteiger partial charge is 0.414 e. The fourth-order valence-electron chi connectivity index (χ4n) is 2.75. The molecule has 0 radical (unpaired) electrons. The minimum absolute atomic E-state index is 0.0745. The third-order valence-corrected chi connectivity index (χ3v) is 4.11. The predicted molar refractivity (Wildman–Crippen MR) is 113 cm³/mol. The number of hydrogen-bond donors (Lipinski definition) is 0. The summed E-state index contributed by atoms with van der Waals surface area (Å²) in [5, 5.41) is 0. The van der Waals surface area contributed by atoms with Crippen molar-refractivity contribution in [3.63, 3.8) is 0 Å². The van der Waals surface area contributed by atoms with Crippen molar-refractivity contribution in [1.82, 2.24) is 0 Å². The minimum atomic E-state index is -0.827. The number of methoxy groups -OCH3 is 2. The predicted octanol–water partition coefficient (Wildman–Crippen LogP) is 3.69. The quantitative estimate of drug-likeness (QED) is 0.530. The first-order valence-corrected chi connectivity index (χ1v) is 9.31. The van der Waals surface area contributed by atoms with Gasteiger partial charge in [-0.3, -0.25) is 4.90 Å². The summed E-state index contributed by atoms with van der Waals surface area (Å²) in [5.74, 6) is -2.20. The van der Waals surface area contributed by atoms with Crippen molar-refractivity contribution < 1.29 is 33.0 Å². The molecule has 1 heterocycles. The van der Waals surface area contributed by atoms with Crippen LogP contribution in [0.2, 0.25) is 0 Å². The summed E-state index contributed by atoms with van der Waals surface area (Å²) in [6, 6.07) is 3.66. The van der Waals surface area contributed by atoms with Crippen LogP contribution in [0.15, 0.2) is 53.9 Å². The van der Waals surface area contributed by atoms with Crippen molar-refractivity contribution in [3.8, 4) is 0 Å². The summed E-state index contributed by atoms with van der Waals surface area (Å²) in [6.07, 6.45) is 5.26. The Labute approximate surface area is 180 Å². The largest absolute Gasteiger partial charge is 0.465 e. The molecule has 1 aliphatic heterocycles. The molecule has 0 aliphatic carbocycles. The highest BCUT2D eigenvalue weighted by molar-refractivity contribution is 6.06. The van der Waals surface area contributed by atoms with Crippen LogP contribution < -0.4 is 9.80 Å². The van der Waals surface area contributed by atoms with E-state index in [1.165, 1.54) is 56.7 Å². The number of anilines is 2. The van der Waals surface area contributed by atoms with E-state index in [2.05, 4.69) is 0 Å². The van der Waals surface area contributed by atoms with Crippen LogP contribution in [0.3, 0.4) is 0 Å². The molecule has 0 saturated carbocycles. The number of hydrogen-bond acceptors (Lipinski definition) is 7. The summed E-state index contributed by atoms with van der Waals surface area (Å²) in [7, 11) is 3.76. The lowest BCUT2D eigenvalue weighted by molar-refractivity contribution is -0.139. The molecular formula is C22H25FN2O6. The summed E-state index contributed by atoms with van der Waals surface area (Å²) in [5.41, 5.74) is -0.678. The van der Waals surface area contributed by atoms with Crippen LogP contribution in [0.1, 0.15) is 20.8 Å². The van der Waals surface area contributed by atoms with E-state index < -0.39 is 29.5 Å². The van der Waals surface area contributed by atoms with Crippen LogP contribution in [-0.4, -0.2) is 44.9 Å². The molecule has 166 valence electrons. The van der Waals surface area contributed by atoms with Crippen LogP contribution in [0, 0.1) is 5.82 Å². The first-order valence-electron chi connectivity index (χ1n) is 9.31. The number of ether oxygens (including phenoxy) is 3. The standard InChI is InChI=1S/C22H25FN2O6/c1-22(2,3)31-21(28)24(4)17-13-14(23)10-11-16(17)25-12-8-7-9-15(19(26)29-5)18(25)20(27)30-6/h7-13H,1-6H3. The molecule has 31 heavy (non-hydrogen) atoms. The van der Waals surface area contributed by atoms with Gasteiger partial charge >= 0.3 is 18.0 Å². The molecule has 2 rings (SSSR count). The Morgan fingerprint density at radius 1 is 1.03 bits per heavy atom. The van der Waals surface area contributed by atoms with Gasteiger partial charge in [0, 0.05) is 13.2 Å². The second-order valence-corrected chi connectivity index (χ2v) is 7.49. The molecule has 0 bridgehead atoms. The number of allylic oxidation sites excluding steroid dienone is 2. The van der Waals surface area contributed by atoms with Crippen LogP contribution in [0.25, 0.3) is 0 Å². The van der Waals surface area contributed by atoms with Gasteiger partial charge in [0.05, 0.1) is 31.2 Å². The van der Waals surface area contributed by atoms with Gasteiger partial charge < -0.3 is 19.1 Å². The lowest BCUT2D eigenvalue weighted by Crippen LogP contribution is -2.35. The fraction of sp³-hybridized carbons (Fsp3) is 0.318. The molecule has 8 nitrogen and oxygen atoms in total. The van der Waals surface area contributed by atoms with E-state index in [4.69, 9.17) is 14.2 Å². The maximum absolute atomic E-state index is 14.1. The molecule has 9 heteroatoms. The second-order valence-electron chi connectivity index (χ2n) is 7.49. The van der Waals surface area contributed by atoms with Crippen molar-refractivity contribution in [2.24, 2.45) is 0 Å². The minimum Gasteiger partial charge on any atom is -0.465 e. The first kappa shape index (κ1) is 23.7. The SMILES string of the molecule is COC(=O)C1=C(C(=O)OC)N(c2ccc(F)cc2N(C)C(=O)OC(C)(C)C)C=CC=C1. The molecule has 1 amide bonds. The van der Waals surface area contributed by atoms with E-state index in [1.807, 2.05) is 0 Å². The Hall–Kier alpha value is -3.62. The van der Waals surface area contributed by atoms with Gasteiger partial charge in [-0.25, -0.2) is 18.8 Å². The van der Waals surface area contributed by atoms with E-state index in [9.17, 15) is 18.8 Å². The van der Waals surface area contributed by atoms with E-state index in [0.29, 0.717) is 0 Å². The zero-order chi connectivity index (χ0) is 23.3. The van der Waals surface area contributed by atoms with Gasteiger partial charge in [-0.1, -0.05) is 6.08 Å². The molecule has 0 saturated heterocycles. The molecule has 0 N–H and O–H groups in total. The molecule has 0 unspecified atom stereocenters. The molecule has 0 atom stereocenters. The zero-order valence-electron chi connectivity index (χ0n) is 18.3. The van der Waals surface area contributed by atoms with Crippen molar-refractivity contribution in [1.29, 1.82) is 0 Å². The van der Waals surface area contributed by atoms with Gasteiger partial charge in [-0.2, -0.15) is 0 Å². The number of benzene rings is 1. The summed E-state index contributed by atoms with van der Waals surface area (Å²) in [4.78, 5) is 40.0. The number of nitrogens with zero attached hydrogens (tertiary/aromatic N) is 2. The van der Waals surface area contributed by atoms with Gasteiger partial charge in [-0.15, -0.1) is 0 Å². The van der Waals surface area contributed by atoms with E-state index in [0.717, 1.165) is 11.0 Å². The number of carbonyl (C=O) groups is 3. The Morgan fingerprint density at radius 3 is 2.26 bits per heavy atom. The van der Waals surface area contributed by atoms with E-state index in [1.54, 1.807) is 26.8 Å². The third kappa shape index (κ3) is 5.50. The lowest BCUT2D eigenvalue weighted by Gasteiger charge is -2.30. The van der Waals surface area contributed by atoms with Crippen LogP contribution in [0.5, 0.6) is 0 Å². The van der Waals surface area contributed by atoms with E-state index in [-0.39, 0.29) is 22.6 Å². The summed E-state index contributed by atoms with van der Waals surface area (Å²) < 4.78 is 29.2. The normalized spacial score (nSPS) is 13.6. The molecule has 0 spiro atoms. The first-order chi connectivity index (χ1) is 14.5. The van der Waals surface area contributed by atoms with Gasteiger partial charge in [0.25, 0.3) is 0 Å². The van der Waals surface area contributed by atoms with Gasteiger partial charge in [0.2, 0.25) is 0 Å². The molecule has 1 aliphatic rings. The molecule has 0 fully saturated rings. The number of esters is 2. The zero-order valence-corrected chi connectivity index (χ0v) is 18.3.